The lowest BCUT2D eigenvalue weighted by Crippen LogP contribution is -2.21. The fraction of sp³-hybridized carbons (Fsp3) is 0.333. The number of methoxy groups -OCH3 is 1. The van der Waals surface area contributed by atoms with Crippen LogP contribution in [0.2, 0.25) is 0 Å². The number of rotatable bonds is 3. The van der Waals surface area contributed by atoms with E-state index in [0.29, 0.717) is 0 Å². The van der Waals surface area contributed by atoms with Crippen molar-refractivity contribution in [2.24, 2.45) is 5.73 Å². The van der Waals surface area contributed by atoms with Gasteiger partial charge in [-0.15, -0.1) is 13.2 Å². The van der Waals surface area contributed by atoms with E-state index in [4.69, 9.17) is 11.5 Å². The molecule has 4 N–H and O–H groups in total. The van der Waals surface area contributed by atoms with Gasteiger partial charge in [-0.25, -0.2) is 9.78 Å². The van der Waals surface area contributed by atoms with Gasteiger partial charge in [0, 0.05) is 18.3 Å². The lowest BCUT2D eigenvalue weighted by Gasteiger charge is -2.14. The number of hydrogen-bond acceptors (Lipinski definition) is 6. The summed E-state index contributed by atoms with van der Waals surface area (Å²) in [4.78, 5) is 14.8. The molecule has 1 rings (SSSR count). The molecule has 9 heteroatoms. The van der Waals surface area contributed by atoms with Gasteiger partial charge in [0.25, 0.3) is 0 Å². The van der Waals surface area contributed by atoms with Crippen molar-refractivity contribution in [2.45, 2.75) is 12.9 Å². The Balaban J connectivity index is 3.30. The number of hydrogen-bond donors (Lipinski definition) is 2. The molecule has 1 aromatic rings. The zero-order valence-corrected chi connectivity index (χ0v) is 9.25. The third-order valence-electron chi connectivity index (χ3n) is 1.98. The van der Waals surface area contributed by atoms with Crippen LogP contribution in [0, 0.1) is 0 Å². The van der Waals surface area contributed by atoms with Crippen LogP contribution < -0.4 is 16.2 Å². The number of esters is 1. The molecule has 0 saturated carbocycles. The van der Waals surface area contributed by atoms with Gasteiger partial charge in [0.1, 0.15) is 5.69 Å². The third-order valence-corrected chi connectivity index (χ3v) is 1.98. The number of nitrogens with two attached hydrogens (primary N) is 2. The van der Waals surface area contributed by atoms with E-state index in [1.165, 1.54) is 0 Å². The highest BCUT2D eigenvalue weighted by atomic mass is 19.4. The monoisotopic (exact) mass is 265 g/mol. The van der Waals surface area contributed by atoms with E-state index in [1.807, 2.05) is 0 Å². The van der Waals surface area contributed by atoms with Gasteiger partial charge in [0.2, 0.25) is 5.88 Å². The number of anilines is 1. The summed E-state index contributed by atoms with van der Waals surface area (Å²) in [6, 6.07) is 0. The zero-order valence-electron chi connectivity index (χ0n) is 9.25. The Kier molecular flexibility index (Phi) is 3.96. The van der Waals surface area contributed by atoms with E-state index in [0.717, 1.165) is 13.3 Å². The SMILES string of the molecule is COC(=O)c1c(CN)cnc(OC(F)(F)F)c1N. The van der Waals surface area contributed by atoms with Crippen LogP contribution in [0.1, 0.15) is 15.9 Å². The van der Waals surface area contributed by atoms with Crippen LogP contribution in [-0.4, -0.2) is 24.4 Å². The standard InChI is InChI=1S/C9H10F3N3O3/c1-17-8(16)5-4(2-13)3-15-7(6(5)14)18-9(10,11)12/h3H,2,13-14H2,1H3. The Labute approximate surface area is 99.7 Å². The molecule has 0 aliphatic rings. The van der Waals surface area contributed by atoms with Gasteiger partial charge in [-0.1, -0.05) is 0 Å². The smallest absolute Gasteiger partial charge is 0.465 e. The fourth-order valence-electron chi connectivity index (χ4n) is 1.24. The molecule has 0 amide bonds. The van der Waals surface area contributed by atoms with Crippen LogP contribution in [0.25, 0.3) is 0 Å². The average Bonchev–Trinajstić information content (AvgIpc) is 2.29. The molecule has 18 heavy (non-hydrogen) atoms. The minimum atomic E-state index is -4.96. The Morgan fingerprint density at radius 2 is 2.11 bits per heavy atom. The number of carbonyl (C=O) groups excluding carboxylic acids is 1. The first kappa shape index (κ1) is 14.0. The number of alkyl halides is 3. The summed E-state index contributed by atoms with van der Waals surface area (Å²) in [5.74, 6) is -1.83. The summed E-state index contributed by atoms with van der Waals surface area (Å²) in [6.07, 6.45) is -3.98. The van der Waals surface area contributed by atoms with E-state index in [1.54, 1.807) is 0 Å². The second-order valence-electron chi connectivity index (χ2n) is 3.12. The van der Waals surface area contributed by atoms with Gasteiger partial charge in [-0.05, 0) is 0 Å². The molecule has 6 nitrogen and oxygen atoms in total. The number of pyridine rings is 1. The summed E-state index contributed by atoms with van der Waals surface area (Å²) in [5, 5.41) is 0. The minimum Gasteiger partial charge on any atom is -0.465 e. The zero-order chi connectivity index (χ0) is 13.9. The average molecular weight is 265 g/mol. The summed E-state index contributed by atoms with van der Waals surface area (Å²) < 4.78 is 44.2. The highest BCUT2D eigenvalue weighted by Crippen LogP contribution is 2.30. The van der Waals surface area contributed by atoms with E-state index in [2.05, 4.69) is 14.5 Å². The van der Waals surface area contributed by atoms with Crippen molar-refractivity contribution >= 4 is 11.7 Å². The third kappa shape index (κ3) is 3.00. The number of halogens is 3. The molecule has 100 valence electrons. The molecule has 0 unspecified atom stereocenters. The Hall–Kier alpha value is -2.03. The van der Waals surface area contributed by atoms with Crippen LogP contribution >= 0.6 is 0 Å². The highest BCUT2D eigenvalue weighted by molar-refractivity contribution is 5.97. The molecular weight excluding hydrogens is 255 g/mol. The van der Waals surface area contributed by atoms with Gasteiger partial charge < -0.3 is 20.9 Å². The normalized spacial score (nSPS) is 11.2. The largest absolute Gasteiger partial charge is 0.574 e. The number of ether oxygens (including phenoxy) is 2. The lowest BCUT2D eigenvalue weighted by atomic mass is 10.1. The molecule has 0 aliphatic heterocycles. The molecule has 0 spiro atoms. The highest BCUT2D eigenvalue weighted by Gasteiger charge is 2.34. The second kappa shape index (κ2) is 5.08. The van der Waals surface area contributed by atoms with Crippen molar-refractivity contribution in [2.75, 3.05) is 12.8 Å². The second-order valence-corrected chi connectivity index (χ2v) is 3.12. The summed E-state index contributed by atoms with van der Waals surface area (Å²) in [7, 11) is 1.06. The predicted octanol–water partition coefficient (Wildman–Crippen LogP) is 0.808. The Morgan fingerprint density at radius 1 is 1.50 bits per heavy atom. The first-order valence-corrected chi connectivity index (χ1v) is 4.61. The number of nitrogen functional groups attached to an aromatic ring is 1. The molecule has 1 heterocycles. The van der Waals surface area contributed by atoms with E-state index < -0.39 is 23.9 Å². The molecule has 0 saturated heterocycles. The maximum absolute atomic E-state index is 12.1. The maximum Gasteiger partial charge on any atom is 0.574 e. The molecule has 0 aliphatic carbocycles. The first-order chi connectivity index (χ1) is 8.30. The van der Waals surface area contributed by atoms with E-state index >= 15 is 0 Å². The van der Waals surface area contributed by atoms with Crippen molar-refractivity contribution in [3.63, 3.8) is 0 Å². The van der Waals surface area contributed by atoms with Crippen LogP contribution in [0.3, 0.4) is 0 Å². The van der Waals surface area contributed by atoms with Gasteiger partial charge >= 0.3 is 12.3 Å². The summed E-state index contributed by atoms with van der Waals surface area (Å²) >= 11 is 0. The molecule has 0 atom stereocenters. The first-order valence-electron chi connectivity index (χ1n) is 4.61. The topological polar surface area (TPSA) is 100 Å². The van der Waals surface area contributed by atoms with Crippen LogP contribution in [0.15, 0.2) is 6.20 Å². The number of carbonyl (C=O) groups is 1. The maximum atomic E-state index is 12.1. The molecule has 0 radical (unpaired) electrons. The minimum absolute atomic E-state index is 0.131. The van der Waals surface area contributed by atoms with Crippen LogP contribution in [0.5, 0.6) is 5.88 Å². The molecule has 0 bridgehead atoms. The number of aromatic nitrogens is 1. The van der Waals surface area contributed by atoms with Crippen molar-refractivity contribution in [3.8, 4) is 5.88 Å². The quantitative estimate of drug-likeness (QED) is 0.784. The van der Waals surface area contributed by atoms with Crippen molar-refractivity contribution in [3.05, 3.63) is 17.3 Å². The fourth-order valence-corrected chi connectivity index (χ4v) is 1.24. The van der Waals surface area contributed by atoms with Gasteiger partial charge in [-0.2, -0.15) is 0 Å². The molecule has 0 fully saturated rings. The Morgan fingerprint density at radius 3 is 2.56 bits per heavy atom. The summed E-state index contributed by atoms with van der Waals surface area (Å²) in [6.45, 7) is -0.131. The molecule has 1 aromatic heterocycles. The van der Waals surface area contributed by atoms with Crippen LogP contribution in [0.4, 0.5) is 18.9 Å². The van der Waals surface area contributed by atoms with Crippen molar-refractivity contribution in [1.82, 2.24) is 4.98 Å². The van der Waals surface area contributed by atoms with Gasteiger partial charge in [0.15, 0.2) is 0 Å². The lowest BCUT2D eigenvalue weighted by molar-refractivity contribution is -0.275. The Bertz CT molecular complexity index is 462. The number of nitrogens with zero attached hydrogens (tertiary/aromatic N) is 1. The van der Waals surface area contributed by atoms with Gasteiger partial charge in [0.05, 0.1) is 12.7 Å². The van der Waals surface area contributed by atoms with Gasteiger partial charge in [-0.3, -0.25) is 0 Å². The predicted molar refractivity (Wildman–Crippen MR) is 54.6 cm³/mol. The van der Waals surface area contributed by atoms with Crippen molar-refractivity contribution < 1.29 is 27.4 Å². The van der Waals surface area contributed by atoms with E-state index in [9.17, 15) is 18.0 Å². The van der Waals surface area contributed by atoms with E-state index in [-0.39, 0.29) is 17.7 Å². The molecule has 0 aromatic carbocycles. The summed E-state index contributed by atoms with van der Waals surface area (Å²) in [5.41, 5.74) is 10.0. The van der Waals surface area contributed by atoms with Crippen LogP contribution in [-0.2, 0) is 11.3 Å². The molecular formula is C9H10F3N3O3. The van der Waals surface area contributed by atoms with Crippen molar-refractivity contribution in [1.29, 1.82) is 0 Å².